The van der Waals surface area contributed by atoms with Gasteiger partial charge in [-0.15, -0.1) is 0 Å². The monoisotopic (exact) mass is 315 g/mol. The molecule has 1 saturated heterocycles. The van der Waals surface area contributed by atoms with Crippen molar-refractivity contribution in [3.05, 3.63) is 60.4 Å². The van der Waals surface area contributed by atoms with Crippen molar-refractivity contribution in [2.24, 2.45) is 0 Å². The molecule has 3 rings (SSSR count). The van der Waals surface area contributed by atoms with E-state index in [1.54, 1.807) is 12.1 Å². The summed E-state index contributed by atoms with van der Waals surface area (Å²) in [4.78, 5) is 2.32. The van der Waals surface area contributed by atoms with Crippen LogP contribution in [0.5, 0.6) is 11.5 Å². The Morgan fingerprint density at radius 1 is 1.09 bits per heavy atom. The lowest BCUT2D eigenvalue weighted by Crippen LogP contribution is -2.37. The van der Waals surface area contributed by atoms with Gasteiger partial charge in [0.2, 0.25) is 0 Å². The van der Waals surface area contributed by atoms with E-state index in [0.717, 1.165) is 31.8 Å². The number of nitrogens with zero attached hydrogens (tertiary/aromatic N) is 1. The standard InChI is InChI=1S/C19H22FNO2/c1-19(23-18-9-5-6-16(20)14-18)10-11-21(15-19)12-13-22-17-7-3-2-4-8-17/h2-9,14H,10-13,15H2,1H3. The Morgan fingerprint density at radius 3 is 2.65 bits per heavy atom. The Kier molecular flexibility index (Phi) is 4.82. The third-order valence-corrected chi connectivity index (χ3v) is 4.09. The summed E-state index contributed by atoms with van der Waals surface area (Å²) in [5, 5.41) is 0. The lowest BCUT2D eigenvalue weighted by atomic mass is 10.1. The van der Waals surface area contributed by atoms with Crippen LogP contribution in [0.4, 0.5) is 4.39 Å². The molecule has 23 heavy (non-hydrogen) atoms. The first-order valence-electron chi connectivity index (χ1n) is 7.98. The smallest absolute Gasteiger partial charge is 0.126 e. The Hall–Kier alpha value is -2.07. The van der Waals surface area contributed by atoms with Crippen molar-refractivity contribution in [1.82, 2.24) is 4.90 Å². The van der Waals surface area contributed by atoms with Gasteiger partial charge in [-0.2, -0.15) is 0 Å². The van der Waals surface area contributed by atoms with E-state index in [1.807, 2.05) is 30.3 Å². The summed E-state index contributed by atoms with van der Waals surface area (Å²) < 4.78 is 25.0. The van der Waals surface area contributed by atoms with Crippen molar-refractivity contribution < 1.29 is 13.9 Å². The highest BCUT2D eigenvalue weighted by Crippen LogP contribution is 2.27. The molecule has 122 valence electrons. The van der Waals surface area contributed by atoms with E-state index in [1.165, 1.54) is 12.1 Å². The molecule has 1 aliphatic rings. The number of rotatable bonds is 6. The molecule has 0 amide bonds. The highest BCUT2D eigenvalue weighted by molar-refractivity contribution is 5.24. The van der Waals surface area contributed by atoms with Gasteiger partial charge in [-0.3, -0.25) is 4.90 Å². The van der Waals surface area contributed by atoms with Crippen LogP contribution < -0.4 is 9.47 Å². The van der Waals surface area contributed by atoms with Crippen molar-refractivity contribution in [3.63, 3.8) is 0 Å². The van der Waals surface area contributed by atoms with Gasteiger partial charge in [-0.05, 0) is 31.2 Å². The molecule has 0 saturated carbocycles. The summed E-state index contributed by atoms with van der Waals surface area (Å²) in [5.41, 5.74) is -0.277. The SMILES string of the molecule is CC1(Oc2cccc(F)c2)CCN(CCOc2ccccc2)C1. The molecule has 0 N–H and O–H groups in total. The molecule has 1 unspecified atom stereocenters. The number of likely N-dealkylation sites (tertiary alicyclic amines) is 1. The first-order chi connectivity index (χ1) is 11.1. The van der Waals surface area contributed by atoms with Gasteiger partial charge in [0.1, 0.15) is 29.5 Å². The maximum absolute atomic E-state index is 13.3. The predicted molar refractivity (Wildman–Crippen MR) is 88.4 cm³/mol. The summed E-state index contributed by atoms with van der Waals surface area (Å²) >= 11 is 0. The molecule has 0 bridgehead atoms. The summed E-state index contributed by atoms with van der Waals surface area (Å²) in [5.74, 6) is 1.22. The minimum Gasteiger partial charge on any atom is -0.492 e. The molecule has 2 aromatic rings. The Labute approximate surface area is 136 Å². The summed E-state index contributed by atoms with van der Waals surface area (Å²) in [6, 6.07) is 16.2. The maximum Gasteiger partial charge on any atom is 0.126 e. The second-order valence-corrected chi connectivity index (χ2v) is 6.20. The molecule has 1 heterocycles. The van der Waals surface area contributed by atoms with Crippen molar-refractivity contribution in [1.29, 1.82) is 0 Å². The topological polar surface area (TPSA) is 21.7 Å². The van der Waals surface area contributed by atoms with Crippen LogP contribution in [0.3, 0.4) is 0 Å². The molecule has 0 spiro atoms. The van der Waals surface area contributed by atoms with E-state index in [4.69, 9.17) is 9.47 Å². The lowest BCUT2D eigenvalue weighted by Gasteiger charge is -2.26. The van der Waals surface area contributed by atoms with Crippen LogP contribution in [0.15, 0.2) is 54.6 Å². The molecule has 0 aliphatic carbocycles. The van der Waals surface area contributed by atoms with Gasteiger partial charge in [0.15, 0.2) is 0 Å². The minimum absolute atomic E-state index is 0.266. The van der Waals surface area contributed by atoms with Gasteiger partial charge < -0.3 is 9.47 Å². The first kappa shape index (κ1) is 15.8. The minimum atomic E-state index is -0.277. The van der Waals surface area contributed by atoms with Crippen LogP contribution >= 0.6 is 0 Å². The van der Waals surface area contributed by atoms with E-state index >= 15 is 0 Å². The van der Waals surface area contributed by atoms with Gasteiger partial charge in [0.05, 0.1) is 0 Å². The molecule has 0 aromatic heterocycles. The van der Waals surface area contributed by atoms with Gasteiger partial charge in [0.25, 0.3) is 0 Å². The summed E-state index contributed by atoms with van der Waals surface area (Å²) in [6.45, 7) is 5.37. The summed E-state index contributed by atoms with van der Waals surface area (Å²) in [6.07, 6.45) is 0.925. The van der Waals surface area contributed by atoms with E-state index in [2.05, 4.69) is 11.8 Å². The number of hydrogen-bond acceptors (Lipinski definition) is 3. The van der Waals surface area contributed by atoms with Crippen LogP contribution in [0, 0.1) is 5.82 Å². The number of halogens is 1. The quantitative estimate of drug-likeness (QED) is 0.810. The molecule has 4 heteroatoms. The fraction of sp³-hybridized carbons (Fsp3) is 0.368. The van der Waals surface area contributed by atoms with Crippen LogP contribution in [-0.4, -0.2) is 36.7 Å². The highest BCUT2D eigenvalue weighted by Gasteiger charge is 2.35. The predicted octanol–water partition coefficient (Wildman–Crippen LogP) is 3.75. The van der Waals surface area contributed by atoms with Crippen molar-refractivity contribution in [3.8, 4) is 11.5 Å². The normalized spacial score (nSPS) is 21.3. The second kappa shape index (κ2) is 7.01. The lowest BCUT2D eigenvalue weighted by molar-refractivity contribution is 0.0931. The number of hydrogen-bond donors (Lipinski definition) is 0. The van der Waals surface area contributed by atoms with Crippen LogP contribution in [-0.2, 0) is 0 Å². The van der Waals surface area contributed by atoms with Crippen LogP contribution in [0.1, 0.15) is 13.3 Å². The highest BCUT2D eigenvalue weighted by atomic mass is 19.1. The molecule has 3 nitrogen and oxygen atoms in total. The van der Waals surface area contributed by atoms with E-state index < -0.39 is 0 Å². The molecule has 1 aliphatic heterocycles. The molecule has 0 radical (unpaired) electrons. The van der Waals surface area contributed by atoms with E-state index in [9.17, 15) is 4.39 Å². The molecule has 2 aromatic carbocycles. The average Bonchev–Trinajstić information content (AvgIpc) is 2.89. The third-order valence-electron chi connectivity index (χ3n) is 4.09. The van der Waals surface area contributed by atoms with E-state index in [0.29, 0.717) is 12.4 Å². The Balaban J connectivity index is 1.47. The average molecular weight is 315 g/mol. The zero-order chi connectivity index (χ0) is 16.1. The number of benzene rings is 2. The number of para-hydroxylation sites is 1. The second-order valence-electron chi connectivity index (χ2n) is 6.20. The molecular formula is C19H22FNO2. The maximum atomic E-state index is 13.3. The fourth-order valence-electron chi connectivity index (χ4n) is 2.92. The van der Waals surface area contributed by atoms with E-state index in [-0.39, 0.29) is 11.4 Å². The van der Waals surface area contributed by atoms with Crippen LogP contribution in [0.25, 0.3) is 0 Å². The molecule has 1 fully saturated rings. The van der Waals surface area contributed by atoms with Crippen molar-refractivity contribution in [2.75, 3.05) is 26.2 Å². The van der Waals surface area contributed by atoms with Crippen molar-refractivity contribution in [2.45, 2.75) is 18.9 Å². The Bertz CT molecular complexity index is 634. The van der Waals surface area contributed by atoms with Gasteiger partial charge in [-0.1, -0.05) is 24.3 Å². The van der Waals surface area contributed by atoms with Gasteiger partial charge in [0, 0.05) is 32.1 Å². The zero-order valence-electron chi connectivity index (χ0n) is 13.4. The van der Waals surface area contributed by atoms with Gasteiger partial charge in [-0.25, -0.2) is 4.39 Å². The van der Waals surface area contributed by atoms with Crippen LogP contribution in [0.2, 0.25) is 0 Å². The summed E-state index contributed by atoms with van der Waals surface area (Å²) in [7, 11) is 0. The zero-order valence-corrected chi connectivity index (χ0v) is 13.4. The third kappa shape index (κ3) is 4.45. The largest absolute Gasteiger partial charge is 0.492 e. The fourth-order valence-corrected chi connectivity index (χ4v) is 2.92. The Morgan fingerprint density at radius 2 is 1.87 bits per heavy atom. The molecular weight excluding hydrogens is 293 g/mol. The molecule has 1 atom stereocenters. The van der Waals surface area contributed by atoms with Gasteiger partial charge >= 0.3 is 0 Å². The number of ether oxygens (including phenoxy) is 2. The van der Waals surface area contributed by atoms with Crippen molar-refractivity contribution >= 4 is 0 Å². The first-order valence-corrected chi connectivity index (χ1v) is 7.98.